The van der Waals surface area contributed by atoms with E-state index in [1.165, 1.54) is 11.3 Å². The number of aromatic nitrogens is 3. The molecule has 1 unspecified atom stereocenters. The van der Waals surface area contributed by atoms with Crippen molar-refractivity contribution in [1.82, 2.24) is 14.5 Å². The van der Waals surface area contributed by atoms with Crippen LogP contribution < -0.4 is 0 Å². The Bertz CT molecular complexity index is 1420. The van der Waals surface area contributed by atoms with Gasteiger partial charge in [-0.05, 0) is 31.4 Å². The topological polar surface area (TPSA) is 125 Å². The third-order valence-electron chi connectivity index (χ3n) is 6.35. The van der Waals surface area contributed by atoms with Crippen molar-refractivity contribution in [2.45, 2.75) is 32.7 Å². The van der Waals surface area contributed by atoms with Crippen LogP contribution >= 0.6 is 0 Å². The number of aliphatic carboxylic acids is 2. The van der Waals surface area contributed by atoms with Gasteiger partial charge in [0.1, 0.15) is 0 Å². The summed E-state index contributed by atoms with van der Waals surface area (Å²) in [6, 6.07) is 18.8. The molecule has 0 amide bonds. The van der Waals surface area contributed by atoms with Gasteiger partial charge in [0.15, 0.2) is 5.78 Å². The van der Waals surface area contributed by atoms with Gasteiger partial charge in [-0.3, -0.25) is 4.79 Å². The number of carbonyl (C=O) groups is 3. The molecule has 1 aliphatic rings. The molecule has 2 aromatic heterocycles. The Hall–Kier alpha value is -4.46. The van der Waals surface area contributed by atoms with Crippen molar-refractivity contribution in [3.8, 4) is 0 Å². The molecule has 0 saturated carbocycles. The molecule has 3 N–H and O–H groups in total. The lowest BCUT2D eigenvalue weighted by molar-refractivity contribution is -0.134. The van der Waals surface area contributed by atoms with Gasteiger partial charge in [0.25, 0.3) is 0 Å². The van der Waals surface area contributed by atoms with Gasteiger partial charge in [-0.15, -0.1) is 0 Å². The van der Waals surface area contributed by atoms with Crippen molar-refractivity contribution in [1.29, 1.82) is 0 Å². The summed E-state index contributed by atoms with van der Waals surface area (Å²) >= 11 is 0. The molecule has 2 aromatic carbocycles. The average molecular weight is 486 g/mol. The minimum Gasteiger partial charge on any atom is -0.478 e. The fraction of sp³-hybridized carbons (Fsp3) is 0.214. The number of benzene rings is 2. The lowest BCUT2D eigenvalue weighted by Gasteiger charge is -2.22. The summed E-state index contributed by atoms with van der Waals surface area (Å²) in [6.07, 6.45) is 5.35. The number of hydrogen-bond donors (Lipinski definition) is 3. The number of rotatable bonds is 6. The summed E-state index contributed by atoms with van der Waals surface area (Å²) in [5, 5.41) is 16.7. The predicted molar refractivity (Wildman–Crippen MR) is 135 cm³/mol. The fourth-order valence-electron chi connectivity index (χ4n) is 4.65. The van der Waals surface area contributed by atoms with Crippen LogP contribution in [0.3, 0.4) is 0 Å². The van der Waals surface area contributed by atoms with E-state index in [0.717, 1.165) is 47.2 Å². The zero-order valence-electron chi connectivity index (χ0n) is 19.8. The standard InChI is InChI=1S/C24H23N3O.C4H4O4/c1-16-20(26-15-25-16)13-18-11-12-22-23(24(18)28)19-9-5-6-10-21(19)27(22)14-17-7-3-2-4-8-17;5-3(6)1-2-4(7)8/h2-10,15,18H,11-14H2,1H3,(H,25,26);1-2H,(H,5,6)(H,7,8)/b;2-1-. The summed E-state index contributed by atoms with van der Waals surface area (Å²) in [7, 11) is 0. The Morgan fingerprint density at radius 3 is 2.36 bits per heavy atom. The van der Waals surface area contributed by atoms with Gasteiger partial charge in [-0.2, -0.15) is 0 Å². The van der Waals surface area contributed by atoms with Crippen LogP contribution in [0, 0.1) is 12.8 Å². The third-order valence-corrected chi connectivity index (χ3v) is 6.35. The van der Waals surface area contributed by atoms with Crippen molar-refractivity contribution < 1.29 is 24.6 Å². The lowest BCUT2D eigenvalue weighted by atomic mass is 9.82. The quantitative estimate of drug-likeness (QED) is 0.347. The normalized spacial score (nSPS) is 14.9. The highest BCUT2D eigenvalue weighted by Crippen LogP contribution is 2.36. The van der Waals surface area contributed by atoms with E-state index in [-0.39, 0.29) is 11.7 Å². The summed E-state index contributed by atoms with van der Waals surface area (Å²) < 4.78 is 2.34. The second-order valence-electron chi connectivity index (χ2n) is 8.70. The first-order valence-corrected chi connectivity index (χ1v) is 11.7. The predicted octanol–water partition coefficient (Wildman–Crippen LogP) is 4.42. The third kappa shape index (κ3) is 5.43. The van der Waals surface area contributed by atoms with Crippen LogP contribution in [0.25, 0.3) is 10.9 Å². The Labute approximate surface area is 207 Å². The number of nitrogens with one attached hydrogen (secondary N) is 1. The van der Waals surface area contributed by atoms with Crippen LogP contribution in [-0.4, -0.2) is 42.5 Å². The van der Waals surface area contributed by atoms with E-state index in [4.69, 9.17) is 10.2 Å². The fourth-order valence-corrected chi connectivity index (χ4v) is 4.65. The summed E-state index contributed by atoms with van der Waals surface area (Å²) in [5.41, 5.74) is 6.59. The number of carboxylic acid groups (broad SMARTS) is 2. The van der Waals surface area contributed by atoms with Crippen molar-refractivity contribution in [2.24, 2.45) is 5.92 Å². The highest BCUT2D eigenvalue weighted by atomic mass is 16.4. The number of carbonyl (C=O) groups excluding carboxylic acids is 1. The second-order valence-corrected chi connectivity index (χ2v) is 8.70. The van der Waals surface area contributed by atoms with Gasteiger partial charge in [-0.1, -0.05) is 48.5 Å². The molecule has 1 aliphatic carbocycles. The maximum Gasteiger partial charge on any atom is 0.328 e. The molecule has 0 bridgehead atoms. The number of aromatic amines is 1. The number of fused-ring (bicyclic) bond motifs is 3. The van der Waals surface area contributed by atoms with E-state index in [1.54, 1.807) is 6.33 Å². The molecule has 0 spiro atoms. The van der Waals surface area contributed by atoms with Gasteiger partial charge in [0.2, 0.25) is 0 Å². The van der Waals surface area contributed by atoms with Crippen LogP contribution in [0.5, 0.6) is 0 Å². The van der Waals surface area contributed by atoms with Crippen molar-refractivity contribution in [3.05, 3.63) is 101 Å². The molecule has 4 aromatic rings. The van der Waals surface area contributed by atoms with Crippen LogP contribution in [0.4, 0.5) is 0 Å². The van der Waals surface area contributed by atoms with E-state index in [0.29, 0.717) is 18.6 Å². The average Bonchev–Trinajstić information content (AvgIpc) is 3.42. The Morgan fingerprint density at radius 1 is 1.06 bits per heavy atom. The largest absolute Gasteiger partial charge is 0.478 e. The van der Waals surface area contributed by atoms with E-state index in [1.807, 2.05) is 19.1 Å². The van der Waals surface area contributed by atoms with Crippen LogP contribution in [0.2, 0.25) is 0 Å². The molecule has 8 nitrogen and oxygen atoms in total. The molecule has 0 fully saturated rings. The number of H-pyrrole nitrogens is 1. The van der Waals surface area contributed by atoms with Gasteiger partial charge < -0.3 is 19.8 Å². The van der Waals surface area contributed by atoms with Gasteiger partial charge >= 0.3 is 11.9 Å². The van der Waals surface area contributed by atoms with Gasteiger partial charge in [-0.25, -0.2) is 14.6 Å². The zero-order valence-corrected chi connectivity index (χ0v) is 19.8. The molecule has 184 valence electrons. The number of aryl methyl sites for hydroxylation is 1. The minimum atomic E-state index is -1.26. The lowest BCUT2D eigenvalue weighted by Crippen LogP contribution is -2.25. The molecule has 8 heteroatoms. The SMILES string of the molecule is Cc1[nH]cnc1CC1CCc2c(c3ccccc3n2Cc2ccccc2)C1=O.O=C(O)/C=C\C(=O)O. The Balaban J connectivity index is 0.000000331. The summed E-state index contributed by atoms with van der Waals surface area (Å²) in [6.45, 7) is 2.82. The smallest absolute Gasteiger partial charge is 0.328 e. The van der Waals surface area contributed by atoms with E-state index in [9.17, 15) is 14.4 Å². The summed E-state index contributed by atoms with van der Waals surface area (Å²) in [5.74, 6) is -2.24. The van der Waals surface area contributed by atoms with Gasteiger partial charge in [0.05, 0.1) is 12.0 Å². The maximum atomic E-state index is 13.5. The van der Waals surface area contributed by atoms with E-state index < -0.39 is 11.9 Å². The minimum absolute atomic E-state index is 0.00508. The monoisotopic (exact) mass is 485 g/mol. The van der Waals surface area contributed by atoms with Crippen LogP contribution in [0.1, 0.15) is 39.4 Å². The number of nitrogens with zero attached hydrogens (tertiary/aromatic N) is 2. The highest BCUT2D eigenvalue weighted by molar-refractivity contribution is 6.11. The molecule has 36 heavy (non-hydrogen) atoms. The molecule has 1 atom stereocenters. The number of imidazole rings is 1. The molecule has 2 heterocycles. The van der Waals surface area contributed by atoms with Crippen LogP contribution in [0.15, 0.2) is 73.1 Å². The highest BCUT2D eigenvalue weighted by Gasteiger charge is 2.33. The number of carboxylic acids is 2. The Kier molecular flexibility index (Phi) is 7.44. The van der Waals surface area contributed by atoms with E-state index >= 15 is 0 Å². The van der Waals surface area contributed by atoms with Crippen molar-refractivity contribution in [2.75, 3.05) is 0 Å². The van der Waals surface area contributed by atoms with E-state index in [2.05, 4.69) is 57.0 Å². The van der Waals surface area contributed by atoms with Crippen molar-refractivity contribution in [3.63, 3.8) is 0 Å². The Morgan fingerprint density at radius 2 is 1.72 bits per heavy atom. The first-order chi connectivity index (χ1) is 17.3. The molecule has 0 aliphatic heterocycles. The maximum absolute atomic E-state index is 13.5. The molecule has 5 rings (SSSR count). The summed E-state index contributed by atoms with van der Waals surface area (Å²) in [4.78, 5) is 40.1. The number of para-hydroxylation sites is 1. The van der Waals surface area contributed by atoms with Gasteiger partial charge in [0, 0.05) is 58.9 Å². The number of ketones is 1. The molecule has 0 radical (unpaired) electrons. The molecular weight excluding hydrogens is 458 g/mol. The first-order valence-electron chi connectivity index (χ1n) is 11.7. The number of hydrogen-bond acceptors (Lipinski definition) is 4. The molecular formula is C28H27N3O5. The zero-order chi connectivity index (χ0) is 25.7. The van der Waals surface area contributed by atoms with Crippen molar-refractivity contribution >= 4 is 28.6 Å². The first kappa shape index (κ1) is 24.7. The van der Waals surface area contributed by atoms with Crippen LogP contribution in [-0.2, 0) is 29.0 Å². The second kappa shape index (κ2) is 10.9. The molecule has 0 saturated heterocycles. The number of Topliss-reactive ketones (excluding diaryl/α,β-unsaturated/α-hetero) is 1.